The summed E-state index contributed by atoms with van der Waals surface area (Å²) in [5.74, 6) is 1.42. The third kappa shape index (κ3) is 2.93. The first-order chi connectivity index (χ1) is 10.6. The Bertz CT molecular complexity index is 762. The van der Waals surface area contributed by atoms with E-state index in [2.05, 4.69) is 53.3 Å². The van der Waals surface area contributed by atoms with Crippen molar-refractivity contribution in [2.24, 2.45) is 5.92 Å². The molecule has 0 aliphatic heterocycles. The predicted molar refractivity (Wildman–Crippen MR) is 87.7 cm³/mol. The molecule has 114 valence electrons. The molecule has 0 aliphatic carbocycles. The first-order valence-corrected chi connectivity index (χ1v) is 7.56. The van der Waals surface area contributed by atoms with Crippen LogP contribution >= 0.6 is 0 Å². The van der Waals surface area contributed by atoms with Crippen molar-refractivity contribution in [3.63, 3.8) is 0 Å². The van der Waals surface area contributed by atoms with Gasteiger partial charge in [-0.05, 0) is 19.3 Å². The van der Waals surface area contributed by atoms with Gasteiger partial charge in [-0.1, -0.05) is 48.8 Å². The molecule has 0 spiro atoms. The number of anilines is 1. The molecule has 1 aromatic carbocycles. The molecule has 0 aliphatic rings. The summed E-state index contributed by atoms with van der Waals surface area (Å²) in [7, 11) is 0. The topological polar surface area (TPSA) is 63.8 Å². The van der Waals surface area contributed by atoms with Crippen LogP contribution in [0.15, 0.2) is 35.1 Å². The van der Waals surface area contributed by atoms with E-state index in [0.717, 1.165) is 35.4 Å². The summed E-state index contributed by atoms with van der Waals surface area (Å²) < 4.78 is 5.36. The quantitative estimate of drug-likeness (QED) is 0.769. The zero-order chi connectivity index (χ0) is 15.5. The molecule has 3 aromatic rings. The number of aromatic nitrogens is 3. The molecular formula is C17H20N4O. The molecule has 3 rings (SSSR count). The van der Waals surface area contributed by atoms with Crippen LogP contribution in [0.4, 0.5) is 5.82 Å². The van der Waals surface area contributed by atoms with Crippen molar-refractivity contribution in [3.05, 3.63) is 36.2 Å². The van der Waals surface area contributed by atoms with Gasteiger partial charge < -0.3 is 9.84 Å². The van der Waals surface area contributed by atoms with E-state index in [-0.39, 0.29) is 0 Å². The molecule has 0 atom stereocenters. The van der Waals surface area contributed by atoms with Crippen molar-refractivity contribution in [1.82, 2.24) is 15.1 Å². The Hall–Kier alpha value is -2.43. The SMILES string of the molecule is Cc1ccc(-c2noc3ncnc(NCCC(C)C)c23)cc1. The summed E-state index contributed by atoms with van der Waals surface area (Å²) in [6, 6.07) is 8.20. The summed E-state index contributed by atoms with van der Waals surface area (Å²) >= 11 is 0. The number of rotatable bonds is 5. The van der Waals surface area contributed by atoms with Gasteiger partial charge in [0.25, 0.3) is 5.71 Å². The van der Waals surface area contributed by atoms with Gasteiger partial charge in [-0.15, -0.1) is 0 Å². The molecule has 5 heteroatoms. The van der Waals surface area contributed by atoms with Gasteiger partial charge in [0.1, 0.15) is 23.2 Å². The van der Waals surface area contributed by atoms with Crippen LogP contribution < -0.4 is 5.32 Å². The minimum Gasteiger partial charge on any atom is -0.369 e. The Morgan fingerprint density at radius 3 is 2.64 bits per heavy atom. The number of nitrogens with zero attached hydrogens (tertiary/aromatic N) is 3. The third-order valence-corrected chi connectivity index (χ3v) is 3.61. The second-order valence-corrected chi connectivity index (χ2v) is 5.91. The Labute approximate surface area is 129 Å². The van der Waals surface area contributed by atoms with Gasteiger partial charge in [-0.25, -0.2) is 4.98 Å². The zero-order valence-corrected chi connectivity index (χ0v) is 13.1. The van der Waals surface area contributed by atoms with Gasteiger partial charge in [0.15, 0.2) is 0 Å². The molecule has 0 saturated carbocycles. The number of aryl methyl sites for hydroxylation is 1. The van der Waals surface area contributed by atoms with Crippen LogP contribution in [0.1, 0.15) is 25.8 Å². The number of nitrogens with one attached hydrogen (secondary N) is 1. The molecule has 2 heterocycles. The van der Waals surface area contributed by atoms with Crippen LogP contribution in [0, 0.1) is 12.8 Å². The lowest BCUT2D eigenvalue weighted by atomic mass is 10.1. The summed E-state index contributed by atoms with van der Waals surface area (Å²) in [5, 5.41) is 8.40. The highest BCUT2D eigenvalue weighted by Crippen LogP contribution is 2.31. The maximum absolute atomic E-state index is 5.36. The fraction of sp³-hybridized carbons (Fsp3) is 0.353. The minimum atomic E-state index is 0.512. The van der Waals surface area contributed by atoms with E-state index >= 15 is 0 Å². The molecule has 0 saturated heterocycles. The Kier molecular flexibility index (Phi) is 4.04. The molecule has 0 bridgehead atoms. The highest BCUT2D eigenvalue weighted by Gasteiger charge is 2.16. The maximum atomic E-state index is 5.36. The van der Waals surface area contributed by atoms with E-state index in [1.807, 2.05) is 12.1 Å². The Morgan fingerprint density at radius 2 is 1.91 bits per heavy atom. The van der Waals surface area contributed by atoms with E-state index in [1.165, 1.54) is 11.9 Å². The average molecular weight is 296 g/mol. The van der Waals surface area contributed by atoms with Gasteiger partial charge in [0, 0.05) is 12.1 Å². The summed E-state index contributed by atoms with van der Waals surface area (Å²) in [6.45, 7) is 7.33. The number of hydrogen-bond donors (Lipinski definition) is 1. The smallest absolute Gasteiger partial charge is 0.263 e. The average Bonchev–Trinajstić information content (AvgIpc) is 2.93. The summed E-state index contributed by atoms with van der Waals surface area (Å²) in [6.07, 6.45) is 2.58. The van der Waals surface area contributed by atoms with Gasteiger partial charge in [0.05, 0.1) is 0 Å². The van der Waals surface area contributed by atoms with Gasteiger partial charge in [-0.3, -0.25) is 0 Å². The minimum absolute atomic E-state index is 0.512. The molecule has 2 aromatic heterocycles. The lowest BCUT2D eigenvalue weighted by Gasteiger charge is -2.08. The lowest BCUT2D eigenvalue weighted by Crippen LogP contribution is -2.06. The van der Waals surface area contributed by atoms with Crippen molar-refractivity contribution in [2.75, 3.05) is 11.9 Å². The highest BCUT2D eigenvalue weighted by atomic mass is 16.5. The van der Waals surface area contributed by atoms with E-state index < -0.39 is 0 Å². The molecule has 0 fully saturated rings. The number of benzene rings is 1. The number of fused-ring (bicyclic) bond motifs is 1. The van der Waals surface area contributed by atoms with Crippen molar-refractivity contribution in [3.8, 4) is 11.3 Å². The van der Waals surface area contributed by atoms with E-state index in [4.69, 9.17) is 4.52 Å². The van der Waals surface area contributed by atoms with Crippen molar-refractivity contribution in [1.29, 1.82) is 0 Å². The normalized spacial score (nSPS) is 11.3. The van der Waals surface area contributed by atoms with Crippen LogP contribution in [0.25, 0.3) is 22.4 Å². The monoisotopic (exact) mass is 296 g/mol. The van der Waals surface area contributed by atoms with E-state index in [1.54, 1.807) is 0 Å². The molecule has 0 amide bonds. The fourth-order valence-corrected chi connectivity index (χ4v) is 2.31. The van der Waals surface area contributed by atoms with Crippen LogP contribution in [0.5, 0.6) is 0 Å². The first kappa shape index (κ1) is 14.5. The Morgan fingerprint density at radius 1 is 1.14 bits per heavy atom. The molecular weight excluding hydrogens is 276 g/mol. The second-order valence-electron chi connectivity index (χ2n) is 5.91. The predicted octanol–water partition coefficient (Wildman–Crippen LogP) is 4.05. The van der Waals surface area contributed by atoms with E-state index in [9.17, 15) is 0 Å². The lowest BCUT2D eigenvalue weighted by molar-refractivity contribution is 0.451. The maximum Gasteiger partial charge on any atom is 0.263 e. The van der Waals surface area contributed by atoms with Crippen molar-refractivity contribution >= 4 is 16.9 Å². The number of hydrogen-bond acceptors (Lipinski definition) is 5. The van der Waals surface area contributed by atoms with E-state index in [0.29, 0.717) is 11.6 Å². The van der Waals surface area contributed by atoms with Gasteiger partial charge in [-0.2, -0.15) is 4.98 Å². The molecule has 1 N–H and O–H groups in total. The van der Waals surface area contributed by atoms with Crippen molar-refractivity contribution in [2.45, 2.75) is 27.2 Å². The van der Waals surface area contributed by atoms with Crippen LogP contribution in [-0.2, 0) is 0 Å². The largest absolute Gasteiger partial charge is 0.369 e. The van der Waals surface area contributed by atoms with Crippen LogP contribution in [0.3, 0.4) is 0 Å². The molecule has 0 unspecified atom stereocenters. The zero-order valence-electron chi connectivity index (χ0n) is 13.1. The fourth-order valence-electron chi connectivity index (χ4n) is 2.31. The highest BCUT2D eigenvalue weighted by molar-refractivity contribution is 5.97. The van der Waals surface area contributed by atoms with Gasteiger partial charge >= 0.3 is 0 Å². The standard InChI is InChI=1S/C17H20N4O/c1-11(2)8-9-18-16-14-15(13-6-4-12(3)5-7-13)21-22-17(14)20-10-19-16/h4-7,10-11H,8-9H2,1-3H3,(H,18,19,20). The molecule has 5 nitrogen and oxygen atoms in total. The molecule has 0 radical (unpaired) electrons. The van der Waals surface area contributed by atoms with Crippen LogP contribution in [0.2, 0.25) is 0 Å². The van der Waals surface area contributed by atoms with Crippen molar-refractivity contribution < 1.29 is 4.52 Å². The third-order valence-electron chi connectivity index (χ3n) is 3.61. The van der Waals surface area contributed by atoms with Gasteiger partial charge in [0.2, 0.25) is 0 Å². The Balaban J connectivity index is 1.99. The summed E-state index contributed by atoms with van der Waals surface area (Å²) in [5.41, 5.74) is 3.51. The first-order valence-electron chi connectivity index (χ1n) is 7.56. The summed E-state index contributed by atoms with van der Waals surface area (Å²) in [4.78, 5) is 8.53. The van der Waals surface area contributed by atoms with Crippen LogP contribution in [-0.4, -0.2) is 21.7 Å². The second kappa shape index (κ2) is 6.13. The molecule has 22 heavy (non-hydrogen) atoms.